The molecule has 0 radical (unpaired) electrons. The van der Waals surface area contributed by atoms with Gasteiger partial charge in [-0.15, -0.1) is 10.2 Å². The number of aromatic nitrogens is 2. The van der Waals surface area contributed by atoms with Crippen LogP contribution < -0.4 is 14.8 Å². The van der Waals surface area contributed by atoms with Crippen LogP contribution in [-0.4, -0.2) is 35.9 Å². The lowest BCUT2D eigenvalue weighted by Gasteiger charge is -2.08. The van der Waals surface area contributed by atoms with E-state index in [1.807, 2.05) is 55.5 Å². The van der Waals surface area contributed by atoms with Crippen LogP contribution in [0.1, 0.15) is 5.56 Å². The molecule has 0 aliphatic heterocycles. The monoisotopic (exact) mass is 363 g/mol. The minimum absolute atomic E-state index is 0.0327. The number of carbonyl (C=O) groups excluding carboxylic acids is 1. The summed E-state index contributed by atoms with van der Waals surface area (Å²) >= 11 is 0. The van der Waals surface area contributed by atoms with Crippen LogP contribution >= 0.6 is 0 Å². The molecule has 0 fully saturated rings. The largest absolute Gasteiger partial charge is 0.484 e. The van der Waals surface area contributed by atoms with Crippen molar-refractivity contribution in [3.8, 4) is 22.9 Å². The van der Waals surface area contributed by atoms with E-state index in [1.165, 1.54) is 5.56 Å². The fourth-order valence-corrected chi connectivity index (χ4v) is 2.34. The molecule has 0 unspecified atom stereocenters. The normalized spacial score (nSPS) is 10.3. The van der Waals surface area contributed by atoms with Gasteiger partial charge in [0.05, 0.1) is 12.2 Å². The Balaban J connectivity index is 1.37. The molecule has 0 saturated carbocycles. The first kappa shape index (κ1) is 18.4. The molecule has 138 valence electrons. The molecule has 2 aromatic carbocycles. The number of carbonyl (C=O) groups is 1. The Morgan fingerprint density at radius 2 is 1.70 bits per heavy atom. The standard InChI is InChI=1S/C21H21N3O3/c1-16-7-9-17(10-8-16)19-11-12-21(24-23-19)26-14-13-22-20(25)15-27-18-5-3-2-4-6-18/h2-12H,13-15H2,1H3,(H,22,25). The predicted molar refractivity (Wildman–Crippen MR) is 103 cm³/mol. The van der Waals surface area contributed by atoms with E-state index in [4.69, 9.17) is 9.47 Å². The lowest BCUT2D eigenvalue weighted by atomic mass is 10.1. The molecule has 1 aromatic heterocycles. The molecule has 0 bridgehead atoms. The second-order valence-corrected chi connectivity index (χ2v) is 5.92. The third-order valence-electron chi connectivity index (χ3n) is 3.77. The number of nitrogens with one attached hydrogen (secondary N) is 1. The third kappa shape index (κ3) is 5.81. The lowest BCUT2D eigenvalue weighted by Crippen LogP contribution is -2.32. The quantitative estimate of drug-likeness (QED) is 0.623. The summed E-state index contributed by atoms with van der Waals surface area (Å²) in [5.74, 6) is 0.872. The summed E-state index contributed by atoms with van der Waals surface area (Å²) in [5.41, 5.74) is 2.99. The fraction of sp³-hybridized carbons (Fsp3) is 0.190. The molecule has 3 aromatic rings. The number of hydrogen-bond donors (Lipinski definition) is 1. The van der Waals surface area contributed by atoms with E-state index in [-0.39, 0.29) is 12.5 Å². The van der Waals surface area contributed by atoms with E-state index >= 15 is 0 Å². The van der Waals surface area contributed by atoms with Crippen LogP contribution in [0, 0.1) is 6.92 Å². The van der Waals surface area contributed by atoms with Crippen molar-refractivity contribution in [3.05, 3.63) is 72.3 Å². The van der Waals surface area contributed by atoms with Crippen molar-refractivity contribution in [1.82, 2.24) is 15.5 Å². The topological polar surface area (TPSA) is 73.3 Å². The van der Waals surface area contributed by atoms with Crippen LogP contribution in [0.25, 0.3) is 11.3 Å². The Hall–Kier alpha value is -3.41. The minimum atomic E-state index is -0.205. The minimum Gasteiger partial charge on any atom is -0.484 e. The average molecular weight is 363 g/mol. The smallest absolute Gasteiger partial charge is 0.258 e. The number of ether oxygens (including phenoxy) is 2. The first-order valence-electron chi connectivity index (χ1n) is 8.69. The lowest BCUT2D eigenvalue weighted by molar-refractivity contribution is -0.123. The van der Waals surface area contributed by atoms with Crippen molar-refractivity contribution < 1.29 is 14.3 Å². The van der Waals surface area contributed by atoms with Crippen molar-refractivity contribution >= 4 is 5.91 Å². The van der Waals surface area contributed by atoms with Crippen LogP contribution in [-0.2, 0) is 4.79 Å². The maximum absolute atomic E-state index is 11.7. The molecule has 0 aliphatic carbocycles. The van der Waals surface area contributed by atoms with E-state index in [0.717, 1.165) is 11.3 Å². The molecule has 27 heavy (non-hydrogen) atoms. The first-order chi connectivity index (χ1) is 13.2. The molecule has 6 nitrogen and oxygen atoms in total. The maximum atomic E-state index is 11.7. The maximum Gasteiger partial charge on any atom is 0.258 e. The second-order valence-electron chi connectivity index (χ2n) is 5.92. The number of amides is 1. The highest BCUT2D eigenvalue weighted by molar-refractivity contribution is 5.77. The van der Waals surface area contributed by atoms with E-state index < -0.39 is 0 Å². The summed E-state index contributed by atoms with van der Waals surface area (Å²) in [4.78, 5) is 11.7. The average Bonchev–Trinajstić information content (AvgIpc) is 2.71. The SMILES string of the molecule is Cc1ccc(-c2ccc(OCCNC(=O)COc3ccccc3)nn2)cc1. The van der Waals surface area contributed by atoms with Crippen molar-refractivity contribution in [2.45, 2.75) is 6.92 Å². The number of aryl methyl sites for hydroxylation is 1. The van der Waals surface area contributed by atoms with Gasteiger partial charge in [0.1, 0.15) is 12.4 Å². The van der Waals surface area contributed by atoms with E-state index in [0.29, 0.717) is 24.8 Å². The summed E-state index contributed by atoms with van der Waals surface area (Å²) in [6.07, 6.45) is 0. The zero-order valence-electron chi connectivity index (χ0n) is 15.1. The highest BCUT2D eigenvalue weighted by atomic mass is 16.5. The summed E-state index contributed by atoms with van der Waals surface area (Å²) in [6.45, 7) is 2.67. The number of para-hydroxylation sites is 1. The van der Waals surface area contributed by atoms with Gasteiger partial charge in [-0.25, -0.2) is 0 Å². The zero-order valence-corrected chi connectivity index (χ0v) is 15.1. The molecular formula is C21H21N3O3. The number of rotatable bonds is 8. The summed E-state index contributed by atoms with van der Waals surface area (Å²) in [7, 11) is 0. The first-order valence-corrected chi connectivity index (χ1v) is 8.69. The molecule has 0 aliphatic rings. The van der Waals surface area contributed by atoms with E-state index in [1.54, 1.807) is 18.2 Å². The van der Waals surface area contributed by atoms with Gasteiger partial charge in [-0.3, -0.25) is 4.79 Å². The Kier molecular flexibility index (Phi) is 6.35. The highest BCUT2D eigenvalue weighted by Gasteiger charge is 2.04. The van der Waals surface area contributed by atoms with Crippen LogP contribution in [0.4, 0.5) is 0 Å². The van der Waals surface area contributed by atoms with Crippen LogP contribution in [0.15, 0.2) is 66.7 Å². The van der Waals surface area contributed by atoms with Gasteiger partial charge in [-0.05, 0) is 25.1 Å². The van der Waals surface area contributed by atoms with Crippen molar-refractivity contribution in [2.24, 2.45) is 0 Å². The van der Waals surface area contributed by atoms with Gasteiger partial charge < -0.3 is 14.8 Å². The van der Waals surface area contributed by atoms with Crippen LogP contribution in [0.2, 0.25) is 0 Å². The molecular weight excluding hydrogens is 342 g/mol. The summed E-state index contributed by atoms with van der Waals surface area (Å²) in [5, 5.41) is 11.0. The van der Waals surface area contributed by atoms with Gasteiger partial charge in [0, 0.05) is 11.6 Å². The molecule has 1 amide bonds. The van der Waals surface area contributed by atoms with Gasteiger partial charge in [0.2, 0.25) is 5.88 Å². The fourth-order valence-electron chi connectivity index (χ4n) is 2.34. The Bertz CT molecular complexity index is 850. The Morgan fingerprint density at radius 3 is 2.41 bits per heavy atom. The third-order valence-corrected chi connectivity index (χ3v) is 3.77. The second kappa shape index (κ2) is 9.33. The van der Waals surface area contributed by atoms with Gasteiger partial charge in [-0.1, -0.05) is 48.0 Å². The molecule has 3 rings (SSSR count). The molecule has 0 atom stereocenters. The van der Waals surface area contributed by atoms with Gasteiger partial charge in [0.15, 0.2) is 6.61 Å². The number of benzene rings is 2. The highest BCUT2D eigenvalue weighted by Crippen LogP contribution is 2.18. The van der Waals surface area contributed by atoms with E-state index in [9.17, 15) is 4.79 Å². The molecule has 0 saturated heterocycles. The van der Waals surface area contributed by atoms with Crippen molar-refractivity contribution in [1.29, 1.82) is 0 Å². The Labute approximate surface area is 158 Å². The van der Waals surface area contributed by atoms with Gasteiger partial charge in [-0.2, -0.15) is 0 Å². The summed E-state index contributed by atoms with van der Waals surface area (Å²) < 4.78 is 10.9. The zero-order chi connectivity index (χ0) is 18.9. The Morgan fingerprint density at radius 1 is 0.926 bits per heavy atom. The van der Waals surface area contributed by atoms with Gasteiger partial charge >= 0.3 is 0 Å². The molecule has 6 heteroatoms. The molecule has 1 heterocycles. The number of hydrogen-bond acceptors (Lipinski definition) is 5. The molecule has 0 spiro atoms. The van der Waals surface area contributed by atoms with Crippen molar-refractivity contribution in [2.75, 3.05) is 19.8 Å². The van der Waals surface area contributed by atoms with Crippen LogP contribution in [0.3, 0.4) is 0 Å². The van der Waals surface area contributed by atoms with Crippen LogP contribution in [0.5, 0.6) is 11.6 Å². The van der Waals surface area contributed by atoms with E-state index in [2.05, 4.69) is 15.5 Å². The van der Waals surface area contributed by atoms with Crippen molar-refractivity contribution in [3.63, 3.8) is 0 Å². The number of nitrogens with zero attached hydrogens (tertiary/aromatic N) is 2. The van der Waals surface area contributed by atoms with Gasteiger partial charge in [0.25, 0.3) is 5.91 Å². The summed E-state index contributed by atoms with van der Waals surface area (Å²) in [6, 6.07) is 20.9. The molecule has 1 N–H and O–H groups in total. The predicted octanol–water partition coefficient (Wildman–Crippen LogP) is 3.03.